The summed E-state index contributed by atoms with van der Waals surface area (Å²) in [6.07, 6.45) is -4.41. The van der Waals surface area contributed by atoms with E-state index in [1.54, 1.807) is 0 Å². The van der Waals surface area contributed by atoms with E-state index in [1.807, 2.05) is 35.2 Å². The minimum Gasteiger partial charge on any atom is -0.371 e. The van der Waals surface area contributed by atoms with Gasteiger partial charge in [0.1, 0.15) is 5.54 Å². The summed E-state index contributed by atoms with van der Waals surface area (Å²) < 4.78 is 38.1. The highest BCUT2D eigenvalue weighted by Gasteiger charge is 2.52. The van der Waals surface area contributed by atoms with E-state index in [0.29, 0.717) is 13.1 Å². The molecule has 0 unspecified atom stereocenters. The fourth-order valence-corrected chi connectivity index (χ4v) is 2.09. The average molecular weight is 244 g/mol. The summed E-state index contributed by atoms with van der Waals surface area (Å²) in [7, 11) is 0. The normalized spacial score (nSPS) is 20.4. The van der Waals surface area contributed by atoms with Gasteiger partial charge in [-0.05, 0) is 25.0 Å². The number of hydrogen-bond donors (Lipinski definition) is 1. The quantitative estimate of drug-likeness (QED) is 0.822. The standard InChI is InChI=1S/C12H15F3N2/c13-12(14,15)11(16)6-8-17(9-7-11)10-4-2-1-3-5-10/h1-5H,6-9,16H2. The van der Waals surface area contributed by atoms with E-state index in [1.165, 1.54) is 0 Å². The predicted octanol–water partition coefficient (Wildman–Crippen LogP) is 2.55. The minimum absolute atomic E-state index is 0.0502. The zero-order chi connectivity index (χ0) is 12.5. The number of halogens is 3. The van der Waals surface area contributed by atoms with Crippen molar-refractivity contribution in [2.45, 2.75) is 24.6 Å². The van der Waals surface area contributed by atoms with E-state index in [9.17, 15) is 13.2 Å². The highest BCUT2D eigenvalue weighted by atomic mass is 19.4. The van der Waals surface area contributed by atoms with E-state index in [0.717, 1.165) is 5.69 Å². The van der Waals surface area contributed by atoms with Gasteiger partial charge in [0.25, 0.3) is 0 Å². The third-order valence-corrected chi connectivity index (χ3v) is 3.34. The first-order valence-corrected chi connectivity index (χ1v) is 5.58. The monoisotopic (exact) mass is 244 g/mol. The Bertz CT molecular complexity index is 367. The second-order valence-corrected chi connectivity index (χ2v) is 4.48. The molecule has 1 aliphatic rings. The van der Waals surface area contributed by atoms with Gasteiger partial charge in [-0.15, -0.1) is 0 Å². The molecular formula is C12H15F3N2. The first-order valence-electron chi connectivity index (χ1n) is 5.58. The van der Waals surface area contributed by atoms with Crippen LogP contribution in [0.2, 0.25) is 0 Å². The Balaban J connectivity index is 2.04. The summed E-state index contributed by atoms with van der Waals surface area (Å²) >= 11 is 0. The maximum atomic E-state index is 12.7. The van der Waals surface area contributed by atoms with E-state index in [-0.39, 0.29) is 12.8 Å². The van der Waals surface area contributed by atoms with Gasteiger partial charge < -0.3 is 10.6 Å². The van der Waals surface area contributed by atoms with E-state index in [4.69, 9.17) is 5.73 Å². The molecule has 0 aromatic heterocycles. The number of para-hydroxylation sites is 1. The van der Waals surface area contributed by atoms with E-state index < -0.39 is 11.7 Å². The molecule has 0 amide bonds. The smallest absolute Gasteiger partial charge is 0.371 e. The van der Waals surface area contributed by atoms with Crippen molar-refractivity contribution < 1.29 is 13.2 Å². The summed E-state index contributed by atoms with van der Waals surface area (Å²) in [5.74, 6) is 0. The molecule has 1 aromatic carbocycles. The molecule has 0 radical (unpaired) electrons. The maximum absolute atomic E-state index is 12.7. The molecule has 1 aliphatic heterocycles. The number of rotatable bonds is 1. The zero-order valence-corrected chi connectivity index (χ0v) is 9.37. The van der Waals surface area contributed by atoms with Crippen molar-refractivity contribution >= 4 is 5.69 Å². The van der Waals surface area contributed by atoms with Gasteiger partial charge in [-0.1, -0.05) is 18.2 Å². The average Bonchev–Trinajstić information content (AvgIpc) is 2.30. The molecule has 2 nitrogen and oxygen atoms in total. The van der Waals surface area contributed by atoms with Gasteiger partial charge in [0, 0.05) is 18.8 Å². The fourth-order valence-electron chi connectivity index (χ4n) is 2.09. The molecule has 1 heterocycles. The van der Waals surface area contributed by atoms with Crippen molar-refractivity contribution in [1.82, 2.24) is 0 Å². The van der Waals surface area contributed by atoms with Crippen LogP contribution in [-0.2, 0) is 0 Å². The minimum atomic E-state index is -4.31. The van der Waals surface area contributed by atoms with Crippen LogP contribution in [0.15, 0.2) is 30.3 Å². The molecule has 1 saturated heterocycles. The Morgan fingerprint density at radius 3 is 2.06 bits per heavy atom. The highest BCUT2D eigenvalue weighted by Crippen LogP contribution is 2.37. The third-order valence-electron chi connectivity index (χ3n) is 3.34. The topological polar surface area (TPSA) is 29.3 Å². The van der Waals surface area contributed by atoms with Crippen LogP contribution in [0.4, 0.5) is 18.9 Å². The van der Waals surface area contributed by atoms with E-state index in [2.05, 4.69) is 0 Å². The molecule has 17 heavy (non-hydrogen) atoms. The summed E-state index contributed by atoms with van der Waals surface area (Å²) in [6.45, 7) is 0.694. The SMILES string of the molecule is NC1(C(F)(F)F)CCN(c2ccccc2)CC1. The number of hydrogen-bond acceptors (Lipinski definition) is 2. The summed E-state index contributed by atoms with van der Waals surface area (Å²) in [6, 6.07) is 9.44. The Morgan fingerprint density at radius 2 is 1.59 bits per heavy atom. The van der Waals surface area contributed by atoms with Crippen molar-refractivity contribution in [2.75, 3.05) is 18.0 Å². The lowest BCUT2D eigenvalue weighted by Crippen LogP contribution is -2.59. The van der Waals surface area contributed by atoms with Gasteiger partial charge >= 0.3 is 6.18 Å². The number of alkyl halides is 3. The van der Waals surface area contributed by atoms with E-state index >= 15 is 0 Å². The van der Waals surface area contributed by atoms with Crippen molar-refractivity contribution in [2.24, 2.45) is 5.73 Å². The van der Waals surface area contributed by atoms with Gasteiger partial charge in [-0.3, -0.25) is 0 Å². The van der Waals surface area contributed by atoms with Crippen LogP contribution in [-0.4, -0.2) is 24.8 Å². The molecule has 0 spiro atoms. The van der Waals surface area contributed by atoms with Gasteiger partial charge in [0.2, 0.25) is 0 Å². The molecule has 0 bridgehead atoms. The molecule has 0 saturated carbocycles. The summed E-state index contributed by atoms with van der Waals surface area (Å²) in [4.78, 5) is 1.94. The van der Waals surface area contributed by atoms with Crippen molar-refractivity contribution in [3.8, 4) is 0 Å². The lowest BCUT2D eigenvalue weighted by Gasteiger charge is -2.41. The summed E-state index contributed by atoms with van der Waals surface area (Å²) in [5, 5.41) is 0. The van der Waals surface area contributed by atoms with Crippen LogP contribution in [0.3, 0.4) is 0 Å². The Labute approximate surface area is 98.2 Å². The number of nitrogens with two attached hydrogens (primary N) is 1. The van der Waals surface area contributed by atoms with Gasteiger partial charge in [-0.2, -0.15) is 13.2 Å². The van der Waals surface area contributed by atoms with Crippen molar-refractivity contribution in [3.05, 3.63) is 30.3 Å². The lowest BCUT2D eigenvalue weighted by atomic mass is 9.88. The Kier molecular flexibility index (Phi) is 3.03. The molecule has 1 aromatic rings. The van der Waals surface area contributed by atoms with Gasteiger partial charge in [0.15, 0.2) is 0 Å². The Morgan fingerprint density at radius 1 is 1.06 bits per heavy atom. The molecule has 1 fully saturated rings. The molecule has 2 rings (SSSR count). The van der Waals surface area contributed by atoms with Crippen LogP contribution in [0.25, 0.3) is 0 Å². The lowest BCUT2D eigenvalue weighted by molar-refractivity contribution is -0.191. The van der Waals surface area contributed by atoms with Crippen LogP contribution < -0.4 is 10.6 Å². The molecule has 2 N–H and O–H groups in total. The number of benzene rings is 1. The van der Waals surface area contributed by atoms with Gasteiger partial charge in [-0.25, -0.2) is 0 Å². The second-order valence-electron chi connectivity index (χ2n) is 4.48. The van der Waals surface area contributed by atoms with Crippen molar-refractivity contribution in [3.63, 3.8) is 0 Å². The maximum Gasteiger partial charge on any atom is 0.406 e. The predicted molar refractivity (Wildman–Crippen MR) is 60.9 cm³/mol. The molecule has 0 atom stereocenters. The Hall–Kier alpha value is -1.23. The zero-order valence-electron chi connectivity index (χ0n) is 9.37. The number of anilines is 1. The third kappa shape index (κ3) is 2.39. The highest BCUT2D eigenvalue weighted by molar-refractivity contribution is 5.46. The first-order chi connectivity index (χ1) is 7.92. The van der Waals surface area contributed by atoms with Crippen molar-refractivity contribution in [1.29, 1.82) is 0 Å². The number of piperidine rings is 1. The van der Waals surface area contributed by atoms with Crippen LogP contribution in [0.5, 0.6) is 0 Å². The summed E-state index contributed by atoms with van der Waals surface area (Å²) in [5.41, 5.74) is 4.36. The molecule has 5 heteroatoms. The molecule has 94 valence electrons. The second kappa shape index (κ2) is 4.22. The molecular weight excluding hydrogens is 229 g/mol. The van der Waals surface area contributed by atoms with Crippen LogP contribution in [0.1, 0.15) is 12.8 Å². The van der Waals surface area contributed by atoms with Gasteiger partial charge in [0.05, 0.1) is 0 Å². The molecule has 0 aliphatic carbocycles. The van der Waals surface area contributed by atoms with Crippen LogP contribution in [0, 0.1) is 0 Å². The number of nitrogens with zero attached hydrogens (tertiary/aromatic N) is 1. The first kappa shape index (κ1) is 12.2. The van der Waals surface area contributed by atoms with Crippen LogP contribution >= 0.6 is 0 Å². The largest absolute Gasteiger partial charge is 0.406 e. The fraction of sp³-hybridized carbons (Fsp3) is 0.500.